The summed E-state index contributed by atoms with van der Waals surface area (Å²) in [5, 5.41) is 3.44. The minimum absolute atomic E-state index is 0.423. The summed E-state index contributed by atoms with van der Waals surface area (Å²) in [5.41, 5.74) is 1.82. The fourth-order valence-corrected chi connectivity index (χ4v) is 1.82. The minimum Gasteiger partial charge on any atom is -0.479 e. The molecule has 88 valence electrons. The maximum atomic E-state index is 5.32. The molecule has 0 atom stereocenters. The van der Waals surface area contributed by atoms with Crippen LogP contribution in [0, 0.1) is 6.92 Å². The van der Waals surface area contributed by atoms with Gasteiger partial charge in [0.05, 0.1) is 12.8 Å². The van der Waals surface area contributed by atoms with Crippen molar-refractivity contribution in [3.05, 3.63) is 12.0 Å². The van der Waals surface area contributed by atoms with E-state index in [1.165, 1.54) is 6.33 Å². The van der Waals surface area contributed by atoms with E-state index in [4.69, 9.17) is 9.47 Å². The van der Waals surface area contributed by atoms with Gasteiger partial charge in [0.1, 0.15) is 12.0 Å². The molecule has 0 aliphatic carbocycles. The van der Waals surface area contributed by atoms with Crippen LogP contribution >= 0.6 is 0 Å². The quantitative estimate of drug-likeness (QED) is 0.839. The van der Waals surface area contributed by atoms with Crippen LogP contribution in [-0.2, 0) is 4.74 Å². The third-order valence-electron chi connectivity index (χ3n) is 2.77. The molecule has 1 aromatic rings. The topological polar surface area (TPSA) is 56.3 Å². The van der Waals surface area contributed by atoms with Crippen LogP contribution in [-0.4, -0.2) is 36.3 Å². The predicted octanol–water partition coefficient (Wildman–Crippen LogP) is 1.38. The molecule has 5 heteroatoms. The molecule has 1 aromatic heterocycles. The first-order valence-electron chi connectivity index (χ1n) is 5.51. The molecular weight excluding hydrogens is 206 g/mol. The molecule has 0 spiro atoms. The molecular formula is C11H17N3O2. The van der Waals surface area contributed by atoms with Gasteiger partial charge in [-0.2, -0.15) is 4.98 Å². The summed E-state index contributed by atoms with van der Waals surface area (Å²) in [4.78, 5) is 8.26. The fraction of sp³-hybridized carbons (Fsp3) is 0.636. The van der Waals surface area contributed by atoms with Gasteiger partial charge in [-0.05, 0) is 19.8 Å². The van der Waals surface area contributed by atoms with E-state index in [9.17, 15) is 0 Å². The number of nitrogens with zero attached hydrogens (tertiary/aromatic N) is 2. The Morgan fingerprint density at radius 1 is 1.38 bits per heavy atom. The van der Waals surface area contributed by atoms with E-state index < -0.39 is 0 Å². The van der Waals surface area contributed by atoms with E-state index >= 15 is 0 Å². The van der Waals surface area contributed by atoms with Gasteiger partial charge < -0.3 is 14.8 Å². The summed E-state index contributed by atoms with van der Waals surface area (Å²) in [6, 6.07) is 0.423. The highest BCUT2D eigenvalue weighted by molar-refractivity contribution is 5.56. The highest BCUT2D eigenvalue weighted by Crippen LogP contribution is 2.25. The van der Waals surface area contributed by atoms with Crippen LogP contribution in [0.15, 0.2) is 6.33 Å². The Bertz CT molecular complexity index is 351. The highest BCUT2D eigenvalue weighted by atomic mass is 16.5. The fourth-order valence-electron chi connectivity index (χ4n) is 1.82. The van der Waals surface area contributed by atoms with E-state index in [-0.39, 0.29) is 0 Å². The number of methoxy groups -OCH3 is 1. The predicted molar refractivity (Wildman–Crippen MR) is 60.8 cm³/mol. The summed E-state index contributed by atoms with van der Waals surface area (Å²) >= 11 is 0. The van der Waals surface area contributed by atoms with Crippen LogP contribution in [0.1, 0.15) is 18.5 Å². The maximum absolute atomic E-state index is 5.32. The van der Waals surface area contributed by atoms with Gasteiger partial charge in [0, 0.05) is 19.3 Å². The van der Waals surface area contributed by atoms with Gasteiger partial charge >= 0.3 is 0 Å². The van der Waals surface area contributed by atoms with Crippen molar-refractivity contribution in [1.29, 1.82) is 0 Å². The van der Waals surface area contributed by atoms with E-state index in [1.807, 2.05) is 6.92 Å². The average molecular weight is 223 g/mol. The third-order valence-corrected chi connectivity index (χ3v) is 2.77. The molecule has 1 aliphatic heterocycles. The lowest BCUT2D eigenvalue weighted by molar-refractivity contribution is 0.0903. The molecule has 1 aliphatic rings. The number of ether oxygens (including phenoxy) is 2. The molecule has 0 amide bonds. The molecule has 1 saturated heterocycles. The van der Waals surface area contributed by atoms with Gasteiger partial charge in [0.2, 0.25) is 5.88 Å². The zero-order valence-corrected chi connectivity index (χ0v) is 9.69. The molecule has 5 nitrogen and oxygen atoms in total. The van der Waals surface area contributed by atoms with Crippen molar-refractivity contribution in [3.63, 3.8) is 0 Å². The number of nitrogens with one attached hydrogen (secondary N) is 1. The van der Waals surface area contributed by atoms with E-state index in [0.29, 0.717) is 11.9 Å². The second-order valence-corrected chi connectivity index (χ2v) is 3.87. The first-order chi connectivity index (χ1) is 7.81. The van der Waals surface area contributed by atoms with Gasteiger partial charge in [-0.25, -0.2) is 4.98 Å². The van der Waals surface area contributed by atoms with Gasteiger partial charge in [0.25, 0.3) is 0 Å². The SMILES string of the molecule is COc1ncnc(C)c1NC1CCOCC1. The van der Waals surface area contributed by atoms with Gasteiger partial charge in [-0.1, -0.05) is 0 Å². The zero-order chi connectivity index (χ0) is 11.4. The second kappa shape index (κ2) is 5.12. The van der Waals surface area contributed by atoms with Crippen molar-refractivity contribution >= 4 is 5.69 Å². The van der Waals surface area contributed by atoms with Crippen molar-refractivity contribution < 1.29 is 9.47 Å². The number of aryl methyl sites for hydroxylation is 1. The van der Waals surface area contributed by atoms with Crippen LogP contribution in [0.5, 0.6) is 5.88 Å². The molecule has 1 fully saturated rings. The molecule has 2 rings (SSSR count). The summed E-state index contributed by atoms with van der Waals surface area (Å²) in [6.07, 6.45) is 3.54. The number of aromatic nitrogens is 2. The molecule has 0 unspecified atom stereocenters. The van der Waals surface area contributed by atoms with Crippen molar-refractivity contribution in [1.82, 2.24) is 9.97 Å². The Hall–Kier alpha value is -1.36. The summed E-state index contributed by atoms with van der Waals surface area (Å²) in [5.74, 6) is 0.610. The number of hydrogen-bond acceptors (Lipinski definition) is 5. The van der Waals surface area contributed by atoms with Crippen molar-refractivity contribution in [2.45, 2.75) is 25.8 Å². The second-order valence-electron chi connectivity index (χ2n) is 3.87. The molecule has 16 heavy (non-hydrogen) atoms. The molecule has 1 N–H and O–H groups in total. The zero-order valence-electron chi connectivity index (χ0n) is 9.69. The average Bonchev–Trinajstić information content (AvgIpc) is 2.33. The van der Waals surface area contributed by atoms with Crippen LogP contribution in [0.2, 0.25) is 0 Å². The number of rotatable bonds is 3. The molecule has 0 bridgehead atoms. The van der Waals surface area contributed by atoms with Crippen LogP contribution in [0.4, 0.5) is 5.69 Å². The highest BCUT2D eigenvalue weighted by Gasteiger charge is 2.17. The Morgan fingerprint density at radius 3 is 2.81 bits per heavy atom. The summed E-state index contributed by atoms with van der Waals surface area (Å²) in [6.45, 7) is 3.57. The van der Waals surface area contributed by atoms with Crippen LogP contribution < -0.4 is 10.1 Å². The molecule has 0 saturated carbocycles. The standard InChI is InChI=1S/C11H17N3O2/c1-8-10(11(15-2)13-7-12-8)14-9-3-5-16-6-4-9/h7,9,14H,3-6H2,1-2H3. The Labute approximate surface area is 95.2 Å². The molecule has 0 aromatic carbocycles. The monoisotopic (exact) mass is 223 g/mol. The number of hydrogen-bond donors (Lipinski definition) is 1. The third kappa shape index (κ3) is 2.41. The van der Waals surface area contributed by atoms with Gasteiger partial charge in [-0.15, -0.1) is 0 Å². The minimum atomic E-state index is 0.423. The first kappa shape index (κ1) is 11.1. The first-order valence-corrected chi connectivity index (χ1v) is 5.51. The molecule has 2 heterocycles. The lowest BCUT2D eigenvalue weighted by atomic mass is 10.1. The Balaban J connectivity index is 2.12. The molecule has 0 radical (unpaired) electrons. The lowest BCUT2D eigenvalue weighted by Crippen LogP contribution is -2.28. The van der Waals surface area contributed by atoms with Crippen molar-refractivity contribution in [3.8, 4) is 5.88 Å². The van der Waals surface area contributed by atoms with E-state index in [1.54, 1.807) is 7.11 Å². The van der Waals surface area contributed by atoms with E-state index in [2.05, 4.69) is 15.3 Å². The van der Waals surface area contributed by atoms with E-state index in [0.717, 1.165) is 37.4 Å². The maximum Gasteiger partial charge on any atom is 0.240 e. The number of anilines is 1. The largest absolute Gasteiger partial charge is 0.479 e. The van der Waals surface area contributed by atoms with Crippen LogP contribution in [0.3, 0.4) is 0 Å². The smallest absolute Gasteiger partial charge is 0.240 e. The lowest BCUT2D eigenvalue weighted by Gasteiger charge is -2.25. The summed E-state index contributed by atoms with van der Waals surface area (Å²) < 4.78 is 10.5. The Morgan fingerprint density at radius 2 is 2.12 bits per heavy atom. The summed E-state index contributed by atoms with van der Waals surface area (Å²) in [7, 11) is 1.62. The normalized spacial score (nSPS) is 17.1. The Kier molecular flexibility index (Phi) is 3.56. The van der Waals surface area contributed by atoms with Gasteiger partial charge in [-0.3, -0.25) is 0 Å². The van der Waals surface area contributed by atoms with Crippen LogP contribution in [0.25, 0.3) is 0 Å². The van der Waals surface area contributed by atoms with Crippen molar-refractivity contribution in [2.24, 2.45) is 0 Å². The van der Waals surface area contributed by atoms with Gasteiger partial charge in [0.15, 0.2) is 0 Å². The van der Waals surface area contributed by atoms with Crippen molar-refractivity contribution in [2.75, 3.05) is 25.6 Å².